The molecule has 0 N–H and O–H groups in total. The van der Waals surface area contributed by atoms with Gasteiger partial charge in [0.2, 0.25) is 0 Å². The van der Waals surface area contributed by atoms with Crippen LogP contribution in [-0.4, -0.2) is 14.5 Å². The van der Waals surface area contributed by atoms with Gasteiger partial charge in [0.25, 0.3) is 0 Å². The Labute approximate surface area is 294 Å². The summed E-state index contributed by atoms with van der Waals surface area (Å²) in [6, 6.07) is 60.1. The van der Waals surface area contributed by atoms with Crippen LogP contribution in [0.2, 0.25) is 0 Å². The van der Waals surface area contributed by atoms with Crippen LogP contribution in [-0.2, 0) is 0 Å². The minimum atomic E-state index is 0.642. The normalized spacial score (nSPS) is 11.8. The van der Waals surface area contributed by atoms with Gasteiger partial charge in [-0.05, 0) is 58.7 Å². The zero-order chi connectivity index (χ0) is 33.7. The summed E-state index contributed by atoms with van der Waals surface area (Å²) in [5.74, 6) is 4.01. The number of nitrogens with zero attached hydrogens (tertiary/aromatic N) is 3. The smallest absolute Gasteiger partial charge is 0.194 e. The monoisotopic (exact) mass is 655 g/mol. The van der Waals surface area contributed by atoms with Crippen LogP contribution in [0.15, 0.2) is 176 Å². The van der Waals surface area contributed by atoms with Crippen LogP contribution in [0.3, 0.4) is 0 Å². The van der Waals surface area contributed by atoms with E-state index in [2.05, 4.69) is 89.5 Å². The number of fused-ring (bicyclic) bond motifs is 6. The third kappa shape index (κ3) is 5.03. The molecule has 0 saturated heterocycles. The van der Waals surface area contributed by atoms with E-state index >= 15 is 0 Å². The van der Waals surface area contributed by atoms with Gasteiger partial charge in [-0.2, -0.15) is 0 Å². The van der Waals surface area contributed by atoms with E-state index in [-0.39, 0.29) is 0 Å². The molecular weight excluding hydrogens is 627 g/mol. The number of ether oxygens (including phenoxy) is 2. The lowest BCUT2D eigenvalue weighted by Gasteiger charge is -2.23. The molecule has 5 heteroatoms. The van der Waals surface area contributed by atoms with Gasteiger partial charge in [0.15, 0.2) is 28.8 Å². The molecule has 0 aliphatic carbocycles. The van der Waals surface area contributed by atoms with Gasteiger partial charge in [0.1, 0.15) is 11.3 Å². The zero-order valence-corrected chi connectivity index (χ0v) is 27.4. The van der Waals surface area contributed by atoms with Crippen molar-refractivity contribution in [2.75, 3.05) is 0 Å². The highest BCUT2D eigenvalue weighted by Gasteiger charge is 2.27. The molecule has 9 aromatic rings. The lowest BCUT2D eigenvalue weighted by Crippen LogP contribution is -2.05. The highest BCUT2D eigenvalue weighted by Crippen LogP contribution is 2.52. The van der Waals surface area contributed by atoms with Gasteiger partial charge in [-0.25, -0.2) is 9.97 Å². The highest BCUT2D eigenvalue weighted by molar-refractivity contribution is 6.13. The van der Waals surface area contributed by atoms with Crippen molar-refractivity contribution in [2.45, 2.75) is 0 Å². The minimum absolute atomic E-state index is 0.642. The molecule has 51 heavy (non-hydrogen) atoms. The van der Waals surface area contributed by atoms with Crippen molar-refractivity contribution in [1.82, 2.24) is 14.5 Å². The largest absolute Gasteiger partial charge is 0.449 e. The molecule has 5 nitrogen and oxygen atoms in total. The summed E-state index contributed by atoms with van der Waals surface area (Å²) in [7, 11) is 0. The Bertz CT molecular complexity index is 2670. The van der Waals surface area contributed by atoms with Crippen LogP contribution in [0.5, 0.6) is 23.0 Å². The van der Waals surface area contributed by atoms with Crippen LogP contribution in [0.1, 0.15) is 0 Å². The van der Waals surface area contributed by atoms with Crippen LogP contribution in [0.25, 0.3) is 72.5 Å². The summed E-state index contributed by atoms with van der Waals surface area (Å²) >= 11 is 0. The quantitative estimate of drug-likeness (QED) is 0.185. The van der Waals surface area contributed by atoms with E-state index in [9.17, 15) is 0 Å². The Hall–Kier alpha value is -6.98. The van der Waals surface area contributed by atoms with E-state index in [1.165, 1.54) is 0 Å². The van der Waals surface area contributed by atoms with Crippen molar-refractivity contribution in [3.05, 3.63) is 176 Å². The maximum Gasteiger partial charge on any atom is 0.194 e. The van der Waals surface area contributed by atoms with Gasteiger partial charge in [-0.15, -0.1) is 0 Å². The van der Waals surface area contributed by atoms with Crippen molar-refractivity contribution >= 4 is 21.8 Å². The summed E-state index contributed by atoms with van der Waals surface area (Å²) in [5, 5.41) is 2.12. The Morgan fingerprint density at radius 1 is 0.392 bits per heavy atom. The second-order valence-electron chi connectivity index (χ2n) is 12.6. The molecule has 0 spiro atoms. The molecule has 1 aliphatic rings. The Morgan fingerprint density at radius 2 is 0.980 bits per heavy atom. The molecule has 0 fully saturated rings. The Kier molecular flexibility index (Phi) is 6.74. The molecule has 240 valence electrons. The lowest BCUT2D eigenvalue weighted by atomic mass is 10.0. The molecular formula is C46H29N3O2. The van der Waals surface area contributed by atoms with E-state index in [1.807, 2.05) is 91.0 Å². The standard InChI is InChI=1S/C46H29N3O2/c1-5-13-30(14-6-1)34-21-24-39-37(27-34)36-23-26-41-45(51-40-25-22-35(28-42(40)50-41)31-15-7-2-8-16-31)44(36)49(39)43-29-38(32-17-9-3-10-18-32)47-46(48-43)33-19-11-4-12-20-33/h1-29H. The van der Waals surface area contributed by atoms with Crippen molar-refractivity contribution in [1.29, 1.82) is 0 Å². The summed E-state index contributed by atoms with van der Waals surface area (Å²) in [5.41, 5.74) is 9.12. The lowest BCUT2D eigenvalue weighted by molar-refractivity contribution is 0.362. The molecule has 0 bridgehead atoms. The van der Waals surface area contributed by atoms with Crippen molar-refractivity contribution in [3.63, 3.8) is 0 Å². The van der Waals surface area contributed by atoms with E-state index in [4.69, 9.17) is 19.4 Å². The van der Waals surface area contributed by atoms with Gasteiger partial charge >= 0.3 is 0 Å². The molecule has 1 aliphatic heterocycles. The molecule has 3 heterocycles. The fourth-order valence-corrected chi connectivity index (χ4v) is 7.02. The Balaban J connectivity index is 1.23. The van der Waals surface area contributed by atoms with Crippen molar-refractivity contribution < 1.29 is 9.47 Å². The SMILES string of the molecule is c1ccc(-c2ccc3c(c2)Oc2ccc4c5cc(-c6ccccc6)ccc5n(-c5cc(-c6ccccc6)nc(-c6ccccc6)n5)c4c2O3)cc1. The van der Waals surface area contributed by atoms with Gasteiger partial charge in [0, 0.05) is 28.0 Å². The summed E-state index contributed by atoms with van der Waals surface area (Å²) in [6.45, 7) is 0. The highest BCUT2D eigenvalue weighted by atomic mass is 16.6. The van der Waals surface area contributed by atoms with Crippen LogP contribution < -0.4 is 9.47 Å². The second-order valence-corrected chi connectivity index (χ2v) is 12.6. The van der Waals surface area contributed by atoms with Crippen molar-refractivity contribution in [2.24, 2.45) is 0 Å². The molecule has 0 atom stereocenters. The fraction of sp³-hybridized carbons (Fsp3) is 0. The van der Waals surface area contributed by atoms with Crippen LogP contribution in [0, 0.1) is 0 Å². The third-order valence-electron chi connectivity index (χ3n) is 9.48. The average Bonchev–Trinajstić information content (AvgIpc) is 3.55. The van der Waals surface area contributed by atoms with E-state index in [1.54, 1.807) is 0 Å². The van der Waals surface area contributed by atoms with Gasteiger partial charge in [0.05, 0.1) is 11.2 Å². The maximum atomic E-state index is 6.83. The molecule has 10 rings (SSSR count). The zero-order valence-electron chi connectivity index (χ0n) is 27.4. The molecule has 0 unspecified atom stereocenters. The Morgan fingerprint density at radius 3 is 1.67 bits per heavy atom. The van der Waals surface area contributed by atoms with E-state index < -0.39 is 0 Å². The van der Waals surface area contributed by atoms with Crippen LogP contribution >= 0.6 is 0 Å². The first-order chi connectivity index (χ1) is 25.3. The second kappa shape index (κ2) is 11.9. The molecule has 0 saturated carbocycles. The first-order valence-corrected chi connectivity index (χ1v) is 17.0. The fourth-order valence-electron chi connectivity index (χ4n) is 7.02. The number of hydrogen-bond acceptors (Lipinski definition) is 4. The van der Waals surface area contributed by atoms with Crippen molar-refractivity contribution in [3.8, 4) is 73.7 Å². The predicted octanol–water partition coefficient (Wildman–Crippen LogP) is 12.1. The third-order valence-corrected chi connectivity index (χ3v) is 9.48. The number of aromatic nitrogens is 3. The number of hydrogen-bond donors (Lipinski definition) is 0. The topological polar surface area (TPSA) is 49.2 Å². The van der Waals surface area contributed by atoms with Gasteiger partial charge in [-0.3, -0.25) is 4.57 Å². The summed E-state index contributed by atoms with van der Waals surface area (Å²) < 4.78 is 15.7. The summed E-state index contributed by atoms with van der Waals surface area (Å²) in [6.07, 6.45) is 0. The average molecular weight is 656 g/mol. The molecule has 0 radical (unpaired) electrons. The molecule has 2 aromatic heterocycles. The van der Waals surface area contributed by atoms with E-state index in [0.717, 1.165) is 66.7 Å². The number of benzene rings is 7. The first-order valence-electron chi connectivity index (χ1n) is 17.0. The maximum absolute atomic E-state index is 6.83. The number of rotatable bonds is 5. The summed E-state index contributed by atoms with van der Waals surface area (Å²) in [4.78, 5) is 10.3. The first kappa shape index (κ1) is 29.0. The van der Waals surface area contributed by atoms with Gasteiger partial charge < -0.3 is 9.47 Å². The van der Waals surface area contributed by atoms with Crippen LogP contribution in [0.4, 0.5) is 0 Å². The predicted molar refractivity (Wildman–Crippen MR) is 205 cm³/mol. The minimum Gasteiger partial charge on any atom is -0.449 e. The van der Waals surface area contributed by atoms with E-state index in [0.29, 0.717) is 28.8 Å². The molecule has 7 aromatic carbocycles. The van der Waals surface area contributed by atoms with Gasteiger partial charge in [-0.1, -0.05) is 133 Å². The molecule has 0 amide bonds.